The van der Waals surface area contributed by atoms with E-state index in [-0.39, 0.29) is 5.91 Å². The average molecular weight is 338 g/mol. The minimum Gasteiger partial charge on any atom is -0.356 e. The molecule has 2 aromatic rings. The van der Waals surface area contributed by atoms with Gasteiger partial charge in [0.05, 0.1) is 0 Å². The molecule has 3 rings (SSSR count). The summed E-state index contributed by atoms with van der Waals surface area (Å²) >= 11 is 0. The number of hydrogen-bond acceptors (Lipinski definition) is 4. The quantitative estimate of drug-likeness (QED) is 0.918. The van der Waals surface area contributed by atoms with Crippen molar-refractivity contribution in [2.24, 2.45) is 0 Å². The standard InChI is InChI=1S/C20H26N4O/c1-14-8-9-17(12-15(14)2)23-20(25)18-13-19(22-16(3)21-18)24-10-6-4-5-7-11-24/h8-9,12-13H,4-7,10-11H2,1-3H3,(H,23,25). The van der Waals surface area contributed by atoms with Crippen LogP contribution in [0.3, 0.4) is 0 Å². The van der Waals surface area contributed by atoms with E-state index in [2.05, 4.69) is 27.1 Å². The van der Waals surface area contributed by atoms with Crippen LogP contribution in [0.25, 0.3) is 0 Å². The summed E-state index contributed by atoms with van der Waals surface area (Å²) in [5, 5.41) is 2.95. The lowest BCUT2D eigenvalue weighted by atomic mass is 10.1. The summed E-state index contributed by atoms with van der Waals surface area (Å²) in [5.74, 6) is 1.30. The molecule has 0 atom stereocenters. The van der Waals surface area contributed by atoms with Crippen LogP contribution < -0.4 is 10.2 Å². The molecule has 0 bridgehead atoms. The van der Waals surface area contributed by atoms with Crippen molar-refractivity contribution in [1.82, 2.24) is 9.97 Å². The van der Waals surface area contributed by atoms with Crippen molar-refractivity contribution < 1.29 is 4.79 Å². The Bertz CT molecular complexity index is 764. The second-order valence-electron chi connectivity index (χ2n) is 6.81. The van der Waals surface area contributed by atoms with Crippen molar-refractivity contribution in [2.45, 2.75) is 46.5 Å². The zero-order valence-corrected chi connectivity index (χ0v) is 15.3. The molecule has 1 aromatic heterocycles. The second kappa shape index (κ2) is 7.64. The van der Waals surface area contributed by atoms with Crippen LogP contribution in [0.1, 0.15) is 53.1 Å². The number of nitrogens with one attached hydrogen (secondary N) is 1. The molecule has 1 N–H and O–H groups in total. The van der Waals surface area contributed by atoms with E-state index in [0.717, 1.165) is 30.2 Å². The highest BCUT2D eigenvalue weighted by molar-refractivity contribution is 6.03. The van der Waals surface area contributed by atoms with Gasteiger partial charge in [-0.2, -0.15) is 0 Å². The zero-order chi connectivity index (χ0) is 17.8. The van der Waals surface area contributed by atoms with E-state index in [1.54, 1.807) is 0 Å². The number of hydrogen-bond donors (Lipinski definition) is 1. The first-order chi connectivity index (χ1) is 12.0. The van der Waals surface area contributed by atoms with Crippen LogP contribution in [-0.2, 0) is 0 Å². The number of amides is 1. The summed E-state index contributed by atoms with van der Waals surface area (Å²) in [7, 11) is 0. The zero-order valence-electron chi connectivity index (χ0n) is 15.3. The third-order valence-corrected chi connectivity index (χ3v) is 4.75. The third-order valence-electron chi connectivity index (χ3n) is 4.75. The van der Waals surface area contributed by atoms with Crippen LogP contribution in [-0.4, -0.2) is 29.0 Å². The molecule has 5 heteroatoms. The monoisotopic (exact) mass is 338 g/mol. The van der Waals surface area contributed by atoms with Gasteiger partial charge in [-0.1, -0.05) is 18.9 Å². The first-order valence-electron chi connectivity index (χ1n) is 9.02. The molecule has 0 radical (unpaired) electrons. The van der Waals surface area contributed by atoms with E-state index < -0.39 is 0 Å². The minimum atomic E-state index is -0.190. The maximum absolute atomic E-state index is 12.6. The van der Waals surface area contributed by atoms with Gasteiger partial charge in [0.1, 0.15) is 17.3 Å². The van der Waals surface area contributed by atoms with Crippen molar-refractivity contribution in [2.75, 3.05) is 23.3 Å². The van der Waals surface area contributed by atoms with Gasteiger partial charge < -0.3 is 10.2 Å². The van der Waals surface area contributed by atoms with Crippen LogP contribution in [0.4, 0.5) is 11.5 Å². The first-order valence-corrected chi connectivity index (χ1v) is 9.02. The molecule has 0 aliphatic carbocycles. The molecule has 1 saturated heterocycles. The van der Waals surface area contributed by atoms with Gasteiger partial charge >= 0.3 is 0 Å². The lowest BCUT2D eigenvalue weighted by Crippen LogP contribution is -2.26. The molecule has 1 aliphatic heterocycles. The van der Waals surface area contributed by atoms with Crippen LogP contribution in [0, 0.1) is 20.8 Å². The van der Waals surface area contributed by atoms with Crippen LogP contribution >= 0.6 is 0 Å². The average Bonchev–Trinajstić information content (AvgIpc) is 2.87. The number of carbonyl (C=O) groups is 1. The fourth-order valence-electron chi connectivity index (χ4n) is 3.14. The number of aryl methyl sites for hydroxylation is 3. The molecule has 5 nitrogen and oxygen atoms in total. The molecule has 0 saturated carbocycles. The molecule has 0 spiro atoms. The molecule has 1 aliphatic rings. The Labute approximate surface area is 149 Å². The van der Waals surface area contributed by atoms with Crippen molar-refractivity contribution in [1.29, 1.82) is 0 Å². The van der Waals surface area contributed by atoms with Crippen molar-refractivity contribution in [3.05, 3.63) is 46.9 Å². The van der Waals surface area contributed by atoms with Gasteiger partial charge in [-0.15, -0.1) is 0 Å². The summed E-state index contributed by atoms with van der Waals surface area (Å²) in [5.41, 5.74) is 3.58. The maximum atomic E-state index is 12.6. The normalized spacial score (nSPS) is 14.9. The van der Waals surface area contributed by atoms with Crippen molar-refractivity contribution in [3.63, 3.8) is 0 Å². The number of benzene rings is 1. The van der Waals surface area contributed by atoms with Gasteiger partial charge in [0.15, 0.2) is 0 Å². The smallest absolute Gasteiger partial charge is 0.274 e. The molecule has 1 fully saturated rings. The van der Waals surface area contributed by atoms with Crippen molar-refractivity contribution >= 4 is 17.4 Å². The minimum absolute atomic E-state index is 0.190. The van der Waals surface area contributed by atoms with Gasteiger partial charge in [-0.05, 0) is 56.9 Å². The topological polar surface area (TPSA) is 58.1 Å². The van der Waals surface area contributed by atoms with Crippen LogP contribution in [0.2, 0.25) is 0 Å². The van der Waals surface area contributed by atoms with E-state index in [1.807, 2.05) is 38.1 Å². The predicted molar refractivity (Wildman–Crippen MR) is 101 cm³/mol. The Morgan fingerprint density at radius 3 is 2.36 bits per heavy atom. The molecule has 1 amide bonds. The first kappa shape index (κ1) is 17.4. The van der Waals surface area contributed by atoms with Gasteiger partial charge in [-0.3, -0.25) is 4.79 Å². The Morgan fingerprint density at radius 1 is 0.960 bits per heavy atom. The second-order valence-corrected chi connectivity index (χ2v) is 6.81. The fourth-order valence-corrected chi connectivity index (χ4v) is 3.14. The van der Waals surface area contributed by atoms with Crippen molar-refractivity contribution in [3.8, 4) is 0 Å². The Balaban J connectivity index is 1.80. The molecule has 2 heterocycles. The van der Waals surface area contributed by atoms with E-state index >= 15 is 0 Å². The molecule has 25 heavy (non-hydrogen) atoms. The summed E-state index contributed by atoms with van der Waals surface area (Å²) in [6.07, 6.45) is 4.88. The summed E-state index contributed by atoms with van der Waals surface area (Å²) < 4.78 is 0. The number of anilines is 2. The summed E-state index contributed by atoms with van der Waals surface area (Å²) in [6.45, 7) is 7.93. The van der Waals surface area contributed by atoms with Crippen LogP contribution in [0.5, 0.6) is 0 Å². The fraction of sp³-hybridized carbons (Fsp3) is 0.450. The SMILES string of the molecule is Cc1nc(C(=O)Nc2ccc(C)c(C)c2)cc(N2CCCCCC2)n1. The van der Waals surface area contributed by atoms with Gasteiger partial charge in [0.2, 0.25) is 0 Å². The molecule has 1 aromatic carbocycles. The number of nitrogens with zero attached hydrogens (tertiary/aromatic N) is 3. The molecule has 0 unspecified atom stereocenters. The molecular formula is C20H26N4O. The highest BCUT2D eigenvalue weighted by Crippen LogP contribution is 2.20. The summed E-state index contributed by atoms with van der Waals surface area (Å²) in [4.78, 5) is 23.8. The third kappa shape index (κ3) is 4.35. The Kier molecular flexibility index (Phi) is 5.31. The summed E-state index contributed by atoms with van der Waals surface area (Å²) in [6, 6.07) is 7.73. The Morgan fingerprint density at radius 2 is 1.68 bits per heavy atom. The largest absolute Gasteiger partial charge is 0.356 e. The maximum Gasteiger partial charge on any atom is 0.274 e. The number of carbonyl (C=O) groups excluding carboxylic acids is 1. The molecule has 132 valence electrons. The van der Waals surface area contributed by atoms with E-state index in [0.29, 0.717) is 11.5 Å². The van der Waals surface area contributed by atoms with Gasteiger partial charge in [0.25, 0.3) is 5.91 Å². The predicted octanol–water partition coefficient (Wildman–Crippen LogP) is 4.03. The number of rotatable bonds is 3. The lowest BCUT2D eigenvalue weighted by Gasteiger charge is -2.22. The lowest BCUT2D eigenvalue weighted by molar-refractivity contribution is 0.102. The van der Waals surface area contributed by atoms with Gasteiger partial charge in [0, 0.05) is 24.8 Å². The number of aromatic nitrogens is 2. The highest BCUT2D eigenvalue weighted by atomic mass is 16.1. The van der Waals surface area contributed by atoms with E-state index in [4.69, 9.17) is 0 Å². The van der Waals surface area contributed by atoms with E-state index in [9.17, 15) is 4.79 Å². The highest BCUT2D eigenvalue weighted by Gasteiger charge is 2.16. The Hall–Kier alpha value is -2.43. The van der Waals surface area contributed by atoms with Crippen LogP contribution in [0.15, 0.2) is 24.3 Å². The van der Waals surface area contributed by atoms with Gasteiger partial charge in [-0.25, -0.2) is 9.97 Å². The van der Waals surface area contributed by atoms with E-state index in [1.165, 1.54) is 31.2 Å². The molecular weight excluding hydrogens is 312 g/mol.